The number of piperazine rings is 1. The maximum atomic E-state index is 5.52. The fourth-order valence-corrected chi connectivity index (χ4v) is 2.71. The third kappa shape index (κ3) is 5.25. The van der Waals surface area contributed by atoms with Gasteiger partial charge in [-0.3, -0.25) is 4.90 Å². The third-order valence-corrected chi connectivity index (χ3v) is 3.84. The summed E-state index contributed by atoms with van der Waals surface area (Å²) in [6.45, 7) is 16.4. The van der Waals surface area contributed by atoms with Crippen LogP contribution >= 0.6 is 0 Å². The highest BCUT2D eigenvalue weighted by atomic mass is 16.5. The van der Waals surface area contributed by atoms with Gasteiger partial charge in [-0.25, -0.2) is 0 Å². The zero-order chi connectivity index (χ0) is 13.5. The van der Waals surface area contributed by atoms with Gasteiger partial charge >= 0.3 is 0 Å². The van der Waals surface area contributed by atoms with Crippen LogP contribution in [0.25, 0.3) is 0 Å². The number of hydrogen-bond donors (Lipinski definition) is 1. The Morgan fingerprint density at radius 1 is 1.28 bits per heavy atom. The fraction of sp³-hybridized carbons (Fsp3) is 1.00. The zero-order valence-electron chi connectivity index (χ0n) is 12.9. The molecule has 108 valence electrons. The van der Waals surface area contributed by atoms with Crippen LogP contribution < -0.4 is 5.32 Å². The predicted molar refractivity (Wildman–Crippen MR) is 77.9 cm³/mol. The monoisotopic (exact) mass is 256 g/mol. The molecule has 2 unspecified atom stereocenters. The number of hydrogen-bond acceptors (Lipinski definition) is 3. The van der Waals surface area contributed by atoms with Crippen LogP contribution in [0.3, 0.4) is 0 Å². The molecule has 2 atom stereocenters. The van der Waals surface area contributed by atoms with E-state index in [1.54, 1.807) is 0 Å². The van der Waals surface area contributed by atoms with Crippen molar-refractivity contribution in [3.05, 3.63) is 0 Å². The molecule has 0 aromatic carbocycles. The number of nitrogens with one attached hydrogen (secondary N) is 1. The Morgan fingerprint density at radius 3 is 2.56 bits per heavy atom. The third-order valence-electron chi connectivity index (χ3n) is 3.84. The molecule has 0 aromatic heterocycles. The molecule has 0 saturated carbocycles. The molecule has 1 aliphatic rings. The normalized spacial score (nSPS) is 26.2. The average Bonchev–Trinajstić information content (AvgIpc) is 2.30. The zero-order valence-corrected chi connectivity index (χ0v) is 12.9. The smallest absolute Gasteiger partial charge is 0.0593 e. The summed E-state index contributed by atoms with van der Waals surface area (Å²) in [7, 11) is 0. The van der Waals surface area contributed by atoms with Crippen molar-refractivity contribution in [3.63, 3.8) is 0 Å². The van der Waals surface area contributed by atoms with E-state index in [2.05, 4.69) is 44.8 Å². The summed E-state index contributed by atoms with van der Waals surface area (Å²) >= 11 is 0. The molecule has 0 aliphatic carbocycles. The lowest BCUT2D eigenvalue weighted by Crippen LogP contribution is -2.58. The number of nitrogens with zero attached hydrogens (tertiary/aromatic N) is 1. The minimum atomic E-state index is 0.634. The molecular formula is C15H32N2O. The van der Waals surface area contributed by atoms with E-state index < -0.39 is 0 Å². The molecular weight excluding hydrogens is 224 g/mol. The molecule has 1 aliphatic heterocycles. The fourth-order valence-electron chi connectivity index (χ4n) is 2.71. The highest BCUT2D eigenvalue weighted by Crippen LogP contribution is 2.18. The molecule has 0 amide bonds. The van der Waals surface area contributed by atoms with Gasteiger partial charge in [-0.05, 0) is 25.2 Å². The van der Waals surface area contributed by atoms with Crippen molar-refractivity contribution in [2.75, 3.05) is 32.8 Å². The second kappa shape index (κ2) is 8.13. The Labute approximate surface area is 113 Å². The van der Waals surface area contributed by atoms with Gasteiger partial charge in [0.25, 0.3) is 0 Å². The molecule has 0 aromatic rings. The van der Waals surface area contributed by atoms with Crippen molar-refractivity contribution < 1.29 is 4.74 Å². The van der Waals surface area contributed by atoms with Crippen molar-refractivity contribution in [1.29, 1.82) is 0 Å². The summed E-state index contributed by atoms with van der Waals surface area (Å²) in [5, 5.41) is 3.71. The lowest BCUT2D eigenvalue weighted by Gasteiger charge is -2.42. The topological polar surface area (TPSA) is 24.5 Å². The maximum Gasteiger partial charge on any atom is 0.0593 e. The van der Waals surface area contributed by atoms with Gasteiger partial charge in [0, 0.05) is 38.3 Å². The first kappa shape index (κ1) is 15.9. The SMILES string of the molecule is CCOCCN1CC(C(C)C)NCC1CC(C)C. The van der Waals surface area contributed by atoms with E-state index in [9.17, 15) is 0 Å². The lowest BCUT2D eigenvalue weighted by molar-refractivity contribution is 0.0558. The highest BCUT2D eigenvalue weighted by Gasteiger charge is 2.29. The predicted octanol–water partition coefficient (Wildman–Crippen LogP) is 2.37. The Kier molecular flexibility index (Phi) is 7.20. The standard InChI is InChI=1S/C15H32N2O/c1-6-18-8-7-17-11-15(13(4)5)16-10-14(17)9-12(2)3/h12-16H,6-11H2,1-5H3. The van der Waals surface area contributed by atoms with Gasteiger partial charge in [-0.2, -0.15) is 0 Å². The number of ether oxygens (including phenoxy) is 1. The van der Waals surface area contributed by atoms with Crippen LogP contribution in [0.15, 0.2) is 0 Å². The first-order chi connectivity index (χ1) is 8.54. The lowest BCUT2D eigenvalue weighted by atomic mass is 9.95. The van der Waals surface area contributed by atoms with Crippen LogP contribution in [0, 0.1) is 11.8 Å². The van der Waals surface area contributed by atoms with E-state index in [-0.39, 0.29) is 0 Å². The van der Waals surface area contributed by atoms with Crippen molar-refractivity contribution >= 4 is 0 Å². The van der Waals surface area contributed by atoms with Crippen LogP contribution in [0.5, 0.6) is 0 Å². The van der Waals surface area contributed by atoms with Crippen molar-refractivity contribution in [1.82, 2.24) is 10.2 Å². The van der Waals surface area contributed by atoms with Crippen LogP contribution in [0.4, 0.5) is 0 Å². The highest BCUT2D eigenvalue weighted by molar-refractivity contribution is 4.87. The van der Waals surface area contributed by atoms with Gasteiger partial charge < -0.3 is 10.1 Å². The summed E-state index contributed by atoms with van der Waals surface area (Å²) in [5.74, 6) is 1.47. The van der Waals surface area contributed by atoms with Gasteiger partial charge in [0.1, 0.15) is 0 Å². The van der Waals surface area contributed by atoms with Crippen molar-refractivity contribution in [2.45, 2.75) is 53.1 Å². The minimum Gasteiger partial charge on any atom is -0.380 e. The van der Waals surface area contributed by atoms with E-state index >= 15 is 0 Å². The summed E-state index contributed by atoms with van der Waals surface area (Å²) in [5.41, 5.74) is 0. The molecule has 3 heteroatoms. The summed E-state index contributed by atoms with van der Waals surface area (Å²) in [4.78, 5) is 2.64. The largest absolute Gasteiger partial charge is 0.380 e. The number of rotatable bonds is 7. The molecule has 18 heavy (non-hydrogen) atoms. The Bertz CT molecular complexity index is 219. The van der Waals surface area contributed by atoms with Gasteiger partial charge in [0.05, 0.1) is 6.61 Å². The average molecular weight is 256 g/mol. The van der Waals surface area contributed by atoms with E-state index in [0.29, 0.717) is 18.0 Å². The Morgan fingerprint density at radius 2 is 2.00 bits per heavy atom. The second-order valence-electron chi connectivity index (χ2n) is 6.23. The summed E-state index contributed by atoms with van der Waals surface area (Å²) < 4.78 is 5.52. The van der Waals surface area contributed by atoms with Gasteiger partial charge in [0.15, 0.2) is 0 Å². The second-order valence-corrected chi connectivity index (χ2v) is 6.23. The molecule has 0 radical (unpaired) electrons. The molecule has 0 spiro atoms. The minimum absolute atomic E-state index is 0.634. The summed E-state index contributed by atoms with van der Waals surface area (Å²) in [6, 6.07) is 1.32. The van der Waals surface area contributed by atoms with Crippen LogP contribution in [-0.4, -0.2) is 49.8 Å². The van der Waals surface area contributed by atoms with E-state index in [1.165, 1.54) is 13.0 Å². The van der Waals surface area contributed by atoms with Crippen molar-refractivity contribution in [3.8, 4) is 0 Å². The molecule has 3 nitrogen and oxygen atoms in total. The molecule has 1 heterocycles. The molecule has 0 bridgehead atoms. The van der Waals surface area contributed by atoms with Gasteiger partial charge in [0.2, 0.25) is 0 Å². The quantitative estimate of drug-likeness (QED) is 0.708. The Hall–Kier alpha value is -0.120. The van der Waals surface area contributed by atoms with Crippen LogP contribution in [0.1, 0.15) is 41.0 Å². The van der Waals surface area contributed by atoms with E-state index in [1.807, 2.05) is 0 Å². The Balaban J connectivity index is 2.49. The molecule has 1 rings (SSSR count). The molecule has 1 fully saturated rings. The van der Waals surface area contributed by atoms with Crippen LogP contribution in [0.2, 0.25) is 0 Å². The van der Waals surface area contributed by atoms with Gasteiger partial charge in [-0.1, -0.05) is 27.7 Å². The first-order valence-electron chi connectivity index (χ1n) is 7.59. The van der Waals surface area contributed by atoms with Crippen molar-refractivity contribution in [2.24, 2.45) is 11.8 Å². The van der Waals surface area contributed by atoms with Gasteiger partial charge in [-0.15, -0.1) is 0 Å². The first-order valence-corrected chi connectivity index (χ1v) is 7.59. The van der Waals surface area contributed by atoms with E-state index in [0.717, 1.165) is 32.2 Å². The van der Waals surface area contributed by atoms with Crippen LogP contribution in [-0.2, 0) is 4.74 Å². The maximum absolute atomic E-state index is 5.52. The summed E-state index contributed by atoms with van der Waals surface area (Å²) in [6.07, 6.45) is 1.28. The van der Waals surface area contributed by atoms with E-state index in [4.69, 9.17) is 4.74 Å². The molecule has 1 N–H and O–H groups in total. The molecule has 1 saturated heterocycles.